The number of halogens is 1. The van der Waals surface area contributed by atoms with Crippen LogP contribution < -0.4 is 0 Å². The van der Waals surface area contributed by atoms with E-state index >= 15 is 0 Å². The highest BCUT2D eigenvalue weighted by Gasteiger charge is 1.86. The zero-order valence-corrected chi connectivity index (χ0v) is 5.70. The summed E-state index contributed by atoms with van der Waals surface area (Å²) in [7, 11) is 1.87. The van der Waals surface area contributed by atoms with Crippen molar-refractivity contribution in [1.82, 2.24) is 4.42 Å². The molecule has 0 bridgehead atoms. The SMILES string of the molecule is CCCCN(C)Cl. The Hall–Kier alpha value is 0.250. The maximum atomic E-state index is 5.49. The Labute approximate surface area is 50.4 Å². The average Bonchev–Trinajstić information content (AvgIpc) is 1.61. The summed E-state index contributed by atoms with van der Waals surface area (Å²) in [5.74, 6) is 0. The minimum Gasteiger partial charge on any atom is -0.223 e. The van der Waals surface area contributed by atoms with Crippen LogP contribution in [0.1, 0.15) is 19.8 Å². The van der Waals surface area contributed by atoms with E-state index in [1.165, 1.54) is 12.8 Å². The Kier molecular flexibility index (Phi) is 4.57. The lowest BCUT2D eigenvalue weighted by atomic mass is 10.3. The molecule has 44 valence electrons. The van der Waals surface area contributed by atoms with Crippen LogP contribution in [0.15, 0.2) is 0 Å². The van der Waals surface area contributed by atoms with Crippen LogP contribution in [0.25, 0.3) is 0 Å². The molecule has 0 saturated carbocycles. The number of nitrogens with zero attached hydrogens (tertiary/aromatic N) is 1. The van der Waals surface area contributed by atoms with Gasteiger partial charge in [-0.3, -0.25) is 0 Å². The van der Waals surface area contributed by atoms with Gasteiger partial charge in [0.25, 0.3) is 0 Å². The van der Waals surface area contributed by atoms with E-state index in [9.17, 15) is 0 Å². The molecule has 0 radical (unpaired) electrons. The first-order chi connectivity index (χ1) is 3.27. The molecule has 1 nitrogen and oxygen atoms in total. The predicted octanol–water partition coefficient (Wildman–Crippen LogP) is 1.87. The molecule has 0 aliphatic heterocycles. The van der Waals surface area contributed by atoms with Gasteiger partial charge in [-0.25, -0.2) is 4.42 Å². The summed E-state index contributed by atoms with van der Waals surface area (Å²) < 4.78 is 1.68. The predicted molar refractivity (Wildman–Crippen MR) is 33.4 cm³/mol. The molecule has 0 fully saturated rings. The second kappa shape index (κ2) is 4.41. The van der Waals surface area contributed by atoms with Crippen LogP contribution in [-0.4, -0.2) is 18.0 Å². The van der Waals surface area contributed by atoms with Crippen molar-refractivity contribution in [3.05, 3.63) is 0 Å². The molecule has 0 aromatic heterocycles. The molecule has 2 heteroatoms. The van der Waals surface area contributed by atoms with Gasteiger partial charge in [0.05, 0.1) is 0 Å². The van der Waals surface area contributed by atoms with Crippen molar-refractivity contribution in [2.24, 2.45) is 0 Å². The van der Waals surface area contributed by atoms with Crippen LogP contribution in [0.4, 0.5) is 0 Å². The Morgan fingerprint density at radius 3 is 2.29 bits per heavy atom. The lowest BCUT2D eigenvalue weighted by Gasteiger charge is -2.02. The summed E-state index contributed by atoms with van der Waals surface area (Å²) in [6.45, 7) is 3.15. The fraction of sp³-hybridized carbons (Fsp3) is 1.00. The standard InChI is InChI=1S/C5H12ClN/c1-3-4-5-7(2)6/h3-5H2,1-2H3. The minimum absolute atomic E-state index is 0.998. The molecule has 0 aromatic rings. The molecule has 0 aromatic carbocycles. The van der Waals surface area contributed by atoms with Crippen LogP contribution in [0, 0.1) is 0 Å². The van der Waals surface area contributed by atoms with Crippen molar-refractivity contribution in [1.29, 1.82) is 0 Å². The molecule has 0 rings (SSSR count). The van der Waals surface area contributed by atoms with Gasteiger partial charge in [-0.05, 0) is 18.2 Å². The Balaban J connectivity index is 2.68. The summed E-state index contributed by atoms with van der Waals surface area (Å²) in [5, 5.41) is 0. The monoisotopic (exact) mass is 121 g/mol. The smallest absolute Gasteiger partial charge is 0.0135 e. The highest BCUT2D eigenvalue weighted by Crippen LogP contribution is 1.92. The zero-order chi connectivity index (χ0) is 5.70. The molecule has 0 unspecified atom stereocenters. The topological polar surface area (TPSA) is 3.24 Å². The Morgan fingerprint density at radius 2 is 2.14 bits per heavy atom. The minimum atomic E-state index is 0.998. The van der Waals surface area contributed by atoms with Gasteiger partial charge in [0.2, 0.25) is 0 Å². The largest absolute Gasteiger partial charge is 0.223 e. The second-order valence-electron chi connectivity index (χ2n) is 1.68. The van der Waals surface area contributed by atoms with Crippen LogP contribution in [0.5, 0.6) is 0 Å². The molecular weight excluding hydrogens is 110 g/mol. The van der Waals surface area contributed by atoms with Crippen molar-refractivity contribution < 1.29 is 0 Å². The molecule has 7 heavy (non-hydrogen) atoms. The van der Waals surface area contributed by atoms with Gasteiger partial charge in [0.1, 0.15) is 0 Å². The molecule has 0 saturated heterocycles. The normalized spacial score (nSPS) is 10.3. The van der Waals surface area contributed by atoms with E-state index in [1.54, 1.807) is 4.42 Å². The molecule has 0 N–H and O–H groups in total. The summed E-state index contributed by atoms with van der Waals surface area (Å²) in [4.78, 5) is 0. The van der Waals surface area contributed by atoms with E-state index in [0.29, 0.717) is 0 Å². The van der Waals surface area contributed by atoms with Gasteiger partial charge in [0.15, 0.2) is 0 Å². The quantitative estimate of drug-likeness (QED) is 0.516. The van der Waals surface area contributed by atoms with E-state index in [-0.39, 0.29) is 0 Å². The van der Waals surface area contributed by atoms with Crippen LogP contribution in [0.2, 0.25) is 0 Å². The van der Waals surface area contributed by atoms with E-state index in [4.69, 9.17) is 11.8 Å². The third-order valence-corrected chi connectivity index (χ3v) is 0.989. The molecular formula is C5H12ClN. The summed E-state index contributed by atoms with van der Waals surface area (Å²) in [6, 6.07) is 0. The van der Waals surface area contributed by atoms with E-state index in [1.807, 2.05) is 7.05 Å². The average molecular weight is 122 g/mol. The zero-order valence-electron chi connectivity index (χ0n) is 4.95. The van der Waals surface area contributed by atoms with Gasteiger partial charge >= 0.3 is 0 Å². The van der Waals surface area contributed by atoms with Crippen LogP contribution in [0.3, 0.4) is 0 Å². The number of hydrogen-bond donors (Lipinski definition) is 0. The van der Waals surface area contributed by atoms with Crippen molar-refractivity contribution >= 4 is 11.8 Å². The first-order valence-electron chi connectivity index (χ1n) is 2.64. The molecule has 0 spiro atoms. The fourth-order valence-electron chi connectivity index (χ4n) is 0.376. The lowest BCUT2D eigenvalue weighted by Crippen LogP contribution is -2.04. The van der Waals surface area contributed by atoms with Gasteiger partial charge in [-0.15, -0.1) is 0 Å². The first kappa shape index (κ1) is 7.25. The summed E-state index contributed by atoms with van der Waals surface area (Å²) >= 11 is 5.49. The maximum Gasteiger partial charge on any atom is 0.0135 e. The molecule has 0 amide bonds. The van der Waals surface area contributed by atoms with Crippen molar-refractivity contribution in [3.8, 4) is 0 Å². The summed E-state index contributed by atoms with van der Waals surface area (Å²) in [5.41, 5.74) is 0. The molecule has 0 aliphatic rings. The van der Waals surface area contributed by atoms with Crippen LogP contribution >= 0.6 is 11.8 Å². The first-order valence-corrected chi connectivity index (χ1v) is 2.98. The third-order valence-electron chi connectivity index (χ3n) is 0.820. The fourth-order valence-corrected chi connectivity index (χ4v) is 0.496. The Bertz CT molecular complexity index is 37.1. The number of unbranched alkanes of at least 4 members (excludes halogenated alkanes) is 1. The number of rotatable bonds is 3. The van der Waals surface area contributed by atoms with Gasteiger partial charge in [0, 0.05) is 13.6 Å². The third kappa shape index (κ3) is 6.25. The van der Waals surface area contributed by atoms with Crippen LogP contribution in [-0.2, 0) is 0 Å². The van der Waals surface area contributed by atoms with Crippen molar-refractivity contribution in [3.63, 3.8) is 0 Å². The molecule has 0 atom stereocenters. The van der Waals surface area contributed by atoms with E-state index in [2.05, 4.69) is 6.92 Å². The maximum absolute atomic E-state index is 5.49. The highest BCUT2D eigenvalue weighted by atomic mass is 35.5. The van der Waals surface area contributed by atoms with Gasteiger partial charge in [-0.2, -0.15) is 0 Å². The molecule has 0 aliphatic carbocycles. The number of hydrogen-bond acceptors (Lipinski definition) is 1. The lowest BCUT2D eigenvalue weighted by molar-refractivity contribution is 0.522. The molecule has 0 heterocycles. The Morgan fingerprint density at radius 1 is 1.57 bits per heavy atom. The van der Waals surface area contributed by atoms with Gasteiger partial charge < -0.3 is 0 Å². The van der Waals surface area contributed by atoms with E-state index < -0.39 is 0 Å². The van der Waals surface area contributed by atoms with Crippen molar-refractivity contribution in [2.45, 2.75) is 19.8 Å². The van der Waals surface area contributed by atoms with E-state index in [0.717, 1.165) is 6.54 Å². The summed E-state index contributed by atoms with van der Waals surface area (Å²) in [6.07, 6.45) is 2.41. The second-order valence-corrected chi connectivity index (χ2v) is 2.26. The highest BCUT2D eigenvalue weighted by molar-refractivity contribution is 6.13. The van der Waals surface area contributed by atoms with Gasteiger partial charge in [-0.1, -0.05) is 13.3 Å². The van der Waals surface area contributed by atoms with Crippen molar-refractivity contribution in [2.75, 3.05) is 13.6 Å².